The van der Waals surface area contributed by atoms with Gasteiger partial charge in [-0.25, -0.2) is 18.6 Å². The maximum absolute atomic E-state index is 2.29. The number of allylic oxidation sites excluding steroid dienone is 4. The molecule has 1 aliphatic rings. The van der Waals surface area contributed by atoms with Crippen molar-refractivity contribution in [3.8, 4) is 0 Å². The number of hydrogen-bond acceptors (Lipinski definition) is 0. The summed E-state index contributed by atoms with van der Waals surface area (Å²) in [6.45, 7) is 2.20. The molecule has 14 heavy (non-hydrogen) atoms. The molecule has 1 aromatic rings. The van der Waals surface area contributed by atoms with Crippen molar-refractivity contribution in [1.29, 1.82) is 0 Å². The van der Waals surface area contributed by atoms with Gasteiger partial charge in [-0.1, -0.05) is 43.2 Å². The summed E-state index contributed by atoms with van der Waals surface area (Å²) in [5, 5.41) is 0. The fourth-order valence-electron chi connectivity index (χ4n) is 1.55. The monoisotopic (exact) mass is 258 g/mol. The fraction of sp³-hybridized carbons (Fsp3) is 0.154. The van der Waals surface area contributed by atoms with Crippen molar-refractivity contribution in [3.05, 3.63) is 60.5 Å². The predicted molar refractivity (Wildman–Crippen MR) is 57.0 cm³/mol. The van der Waals surface area contributed by atoms with E-state index in [1.54, 1.807) is 0 Å². The summed E-state index contributed by atoms with van der Waals surface area (Å²) in [7, 11) is 0. The van der Waals surface area contributed by atoms with E-state index in [4.69, 9.17) is 0 Å². The molecule has 0 bridgehead atoms. The van der Waals surface area contributed by atoms with E-state index in [9.17, 15) is 0 Å². The molecule has 1 heteroatoms. The van der Waals surface area contributed by atoms with Crippen LogP contribution in [0.2, 0.25) is 0 Å². The quantitative estimate of drug-likeness (QED) is 0.676. The van der Waals surface area contributed by atoms with E-state index in [1.807, 2.05) is 6.07 Å². The van der Waals surface area contributed by atoms with Gasteiger partial charge in [0.15, 0.2) is 0 Å². The zero-order valence-electron chi connectivity index (χ0n) is 8.35. The largest absolute Gasteiger partial charge is 0.227 e. The minimum atomic E-state index is 0. The Morgan fingerprint density at radius 1 is 1.14 bits per heavy atom. The molecule has 0 fully saturated rings. The van der Waals surface area contributed by atoms with Gasteiger partial charge in [-0.15, -0.1) is 11.6 Å². The van der Waals surface area contributed by atoms with Gasteiger partial charge >= 0.3 is 0 Å². The zero-order chi connectivity index (χ0) is 9.10. The number of hydrogen-bond donors (Lipinski definition) is 0. The second-order valence-corrected chi connectivity index (χ2v) is 3.40. The molecule has 1 atom stereocenters. The van der Waals surface area contributed by atoms with E-state index >= 15 is 0 Å². The van der Waals surface area contributed by atoms with Crippen LogP contribution in [-0.2, 0) is 32.7 Å². The first-order valence-corrected chi connectivity index (χ1v) is 4.65. The zero-order valence-corrected chi connectivity index (χ0v) is 11.2. The SMILES string of the molecule is CC1C=C(c2ccccc2)C=C[CH-]1.[Y]. The van der Waals surface area contributed by atoms with Crippen LogP contribution in [0.15, 0.2) is 48.6 Å². The third kappa shape index (κ3) is 2.83. The van der Waals surface area contributed by atoms with Gasteiger partial charge in [-0.3, -0.25) is 0 Å². The Morgan fingerprint density at radius 3 is 2.50 bits per heavy atom. The van der Waals surface area contributed by atoms with Crippen molar-refractivity contribution in [2.75, 3.05) is 0 Å². The first-order valence-electron chi connectivity index (χ1n) is 4.65. The summed E-state index contributed by atoms with van der Waals surface area (Å²) in [6, 6.07) is 10.5. The Bertz CT molecular complexity index is 336. The van der Waals surface area contributed by atoms with Crippen LogP contribution in [0.5, 0.6) is 0 Å². The second-order valence-electron chi connectivity index (χ2n) is 3.40. The van der Waals surface area contributed by atoms with E-state index in [0.717, 1.165) is 0 Å². The van der Waals surface area contributed by atoms with Crippen LogP contribution in [0, 0.1) is 12.3 Å². The molecule has 0 amide bonds. The minimum Gasteiger partial charge on any atom is -0.227 e. The van der Waals surface area contributed by atoms with Gasteiger partial charge in [0.2, 0.25) is 0 Å². The molecular weight excluding hydrogens is 245 g/mol. The molecule has 69 valence electrons. The van der Waals surface area contributed by atoms with Gasteiger partial charge in [0.25, 0.3) is 0 Å². The van der Waals surface area contributed by atoms with Crippen LogP contribution in [-0.4, -0.2) is 0 Å². The van der Waals surface area contributed by atoms with Gasteiger partial charge in [-0.05, 0) is 5.56 Å². The summed E-state index contributed by atoms with van der Waals surface area (Å²) >= 11 is 0. The average Bonchev–Trinajstić information content (AvgIpc) is 2.19. The van der Waals surface area contributed by atoms with Crippen molar-refractivity contribution >= 4 is 5.57 Å². The summed E-state index contributed by atoms with van der Waals surface area (Å²) in [5.74, 6) is 0.556. The van der Waals surface area contributed by atoms with Gasteiger partial charge < -0.3 is 0 Å². The first kappa shape index (κ1) is 11.7. The molecule has 0 aromatic heterocycles. The molecule has 0 spiro atoms. The molecule has 0 saturated heterocycles. The van der Waals surface area contributed by atoms with Gasteiger partial charge in [0, 0.05) is 32.7 Å². The summed E-state index contributed by atoms with van der Waals surface area (Å²) in [4.78, 5) is 0. The molecule has 0 nitrogen and oxygen atoms in total. The van der Waals surface area contributed by atoms with Crippen LogP contribution >= 0.6 is 0 Å². The Balaban J connectivity index is 0.000000980. The van der Waals surface area contributed by atoms with E-state index in [2.05, 4.69) is 55.8 Å². The molecule has 1 aromatic carbocycles. The Kier molecular flexibility index (Phi) is 4.64. The van der Waals surface area contributed by atoms with Crippen molar-refractivity contribution < 1.29 is 32.7 Å². The summed E-state index contributed by atoms with van der Waals surface area (Å²) < 4.78 is 0. The van der Waals surface area contributed by atoms with Crippen molar-refractivity contribution in [3.63, 3.8) is 0 Å². The van der Waals surface area contributed by atoms with Crippen LogP contribution in [0.3, 0.4) is 0 Å². The Labute approximate surface area is 111 Å². The van der Waals surface area contributed by atoms with Crippen molar-refractivity contribution in [2.45, 2.75) is 6.92 Å². The molecule has 1 radical (unpaired) electrons. The van der Waals surface area contributed by atoms with Gasteiger partial charge in [-0.2, -0.15) is 0 Å². The Hall–Kier alpha value is -0.326. The van der Waals surface area contributed by atoms with E-state index in [0.29, 0.717) is 5.92 Å². The fourth-order valence-corrected chi connectivity index (χ4v) is 1.55. The molecule has 1 aliphatic carbocycles. The van der Waals surface area contributed by atoms with Crippen LogP contribution in [0.4, 0.5) is 0 Å². The molecule has 0 aliphatic heterocycles. The van der Waals surface area contributed by atoms with Crippen LogP contribution in [0.1, 0.15) is 12.5 Å². The minimum absolute atomic E-state index is 0. The molecular formula is C13H13Y-. The first-order chi connectivity index (χ1) is 6.36. The maximum atomic E-state index is 2.29. The van der Waals surface area contributed by atoms with Crippen LogP contribution in [0.25, 0.3) is 5.57 Å². The average molecular weight is 258 g/mol. The molecule has 0 saturated carbocycles. The van der Waals surface area contributed by atoms with Gasteiger partial charge in [0.1, 0.15) is 0 Å². The van der Waals surface area contributed by atoms with Crippen molar-refractivity contribution in [1.82, 2.24) is 0 Å². The van der Waals surface area contributed by atoms with E-state index < -0.39 is 0 Å². The Morgan fingerprint density at radius 2 is 1.86 bits per heavy atom. The third-order valence-corrected chi connectivity index (χ3v) is 2.24. The van der Waals surface area contributed by atoms with E-state index in [-0.39, 0.29) is 32.7 Å². The standard InChI is InChI=1S/C13H13.Y/c1-11-6-5-9-13(10-11)12-7-3-2-4-8-12;/h2-11H,1H3;/q-1;. The molecule has 2 rings (SSSR count). The summed E-state index contributed by atoms with van der Waals surface area (Å²) in [6.07, 6.45) is 8.78. The van der Waals surface area contributed by atoms with Crippen molar-refractivity contribution in [2.24, 2.45) is 5.92 Å². The number of benzene rings is 1. The third-order valence-electron chi connectivity index (χ3n) is 2.24. The maximum Gasteiger partial charge on any atom is 0 e. The molecule has 1 unspecified atom stereocenters. The predicted octanol–water partition coefficient (Wildman–Crippen LogP) is 3.48. The smallest absolute Gasteiger partial charge is 0 e. The number of rotatable bonds is 1. The van der Waals surface area contributed by atoms with E-state index in [1.165, 1.54) is 11.1 Å². The van der Waals surface area contributed by atoms with Gasteiger partial charge in [0.05, 0.1) is 0 Å². The molecule has 0 heterocycles. The normalized spacial score (nSPS) is 19.2. The summed E-state index contributed by atoms with van der Waals surface area (Å²) in [5.41, 5.74) is 2.63. The molecule has 0 N–H and O–H groups in total. The topological polar surface area (TPSA) is 0 Å². The second kappa shape index (κ2) is 5.53. The van der Waals surface area contributed by atoms with Crippen LogP contribution < -0.4 is 0 Å².